The molecule has 2 aliphatic rings. The summed E-state index contributed by atoms with van der Waals surface area (Å²) in [6, 6.07) is 8.10. The van der Waals surface area contributed by atoms with Crippen LogP contribution >= 0.6 is 24.0 Å². The van der Waals surface area contributed by atoms with Gasteiger partial charge in [0.2, 0.25) is 0 Å². The van der Waals surface area contributed by atoms with Crippen molar-refractivity contribution in [1.82, 2.24) is 20.9 Å². The Labute approximate surface area is 196 Å². The lowest BCUT2D eigenvalue weighted by molar-refractivity contribution is -0.125. The van der Waals surface area contributed by atoms with E-state index in [1.807, 2.05) is 6.92 Å². The van der Waals surface area contributed by atoms with Crippen molar-refractivity contribution in [3.8, 4) is 0 Å². The van der Waals surface area contributed by atoms with Gasteiger partial charge in [0.05, 0.1) is 0 Å². The van der Waals surface area contributed by atoms with E-state index in [0.717, 1.165) is 38.4 Å². The van der Waals surface area contributed by atoms with Gasteiger partial charge in [-0.1, -0.05) is 38.1 Å². The molecule has 0 radical (unpaired) electrons. The summed E-state index contributed by atoms with van der Waals surface area (Å²) in [5, 5.41) is 8.72. The first-order valence-electron chi connectivity index (χ1n) is 10.3. The third-order valence-electron chi connectivity index (χ3n) is 6.46. The average Bonchev–Trinajstić information content (AvgIpc) is 2.95. The van der Waals surface area contributed by atoms with E-state index < -0.39 is 11.6 Å². The quantitative estimate of drug-likeness (QED) is 0.243. The van der Waals surface area contributed by atoms with Crippen LogP contribution in [0.4, 0.5) is 4.79 Å². The highest BCUT2D eigenvalue weighted by Gasteiger charge is 2.48. The van der Waals surface area contributed by atoms with Crippen LogP contribution in [-0.2, 0) is 10.2 Å². The third-order valence-corrected chi connectivity index (χ3v) is 6.46. The molecule has 7 nitrogen and oxygen atoms in total. The Bertz CT molecular complexity index is 818. The summed E-state index contributed by atoms with van der Waals surface area (Å²) in [7, 11) is 1.81. The largest absolute Gasteiger partial charge is 0.355 e. The Morgan fingerprint density at radius 2 is 1.90 bits per heavy atom. The van der Waals surface area contributed by atoms with Crippen LogP contribution in [0.3, 0.4) is 0 Å². The molecule has 8 heteroatoms. The maximum Gasteiger partial charge on any atom is 0.322 e. The molecular formula is C22H34IN5O2. The number of halogens is 1. The Morgan fingerprint density at radius 3 is 2.43 bits per heavy atom. The van der Waals surface area contributed by atoms with Gasteiger partial charge in [-0.2, -0.15) is 0 Å². The fourth-order valence-electron chi connectivity index (χ4n) is 4.57. The number of imide groups is 1. The van der Waals surface area contributed by atoms with E-state index in [9.17, 15) is 9.59 Å². The molecule has 0 saturated carbocycles. The van der Waals surface area contributed by atoms with E-state index in [0.29, 0.717) is 0 Å². The van der Waals surface area contributed by atoms with Gasteiger partial charge in [-0.25, -0.2) is 4.79 Å². The summed E-state index contributed by atoms with van der Waals surface area (Å²) in [5.41, 5.74) is 1.78. The van der Waals surface area contributed by atoms with Crippen molar-refractivity contribution >= 4 is 41.9 Å². The molecule has 1 unspecified atom stereocenters. The van der Waals surface area contributed by atoms with Gasteiger partial charge < -0.3 is 15.5 Å². The third kappa shape index (κ3) is 4.90. The summed E-state index contributed by atoms with van der Waals surface area (Å²) < 4.78 is 0. The van der Waals surface area contributed by atoms with Crippen LogP contribution in [-0.4, -0.2) is 55.0 Å². The molecule has 1 atom stereocenters. The molecule has 1 aromatic carbocycles. The highest BCUT2D eigenvalue weighted by atomic mass is 127. The number of benzene rings is 1. The predicted molar refractivity (Wildman–Crippen MR) is 130 cm³/mol. The average molecular weight is 527 g/mol. The smallest absolute Gasteiger partial charge is 0.322 e. The molecule has 3 N–H and O–H groups in total. The van der Waals surface area contributed by atoms with E-state index in [-0.39, 0.29) is 41.2 Å². The maximum absolute atomic E-state index is 12.2. The number of aliphatic imine (C=N–C) groups is 1. The van der Waals surface area contributed by atoms with Crippen molar-refractivity contribution in [2.24, 2.45) is 10.9 Å². The van der Waals surface area contributed by atoms with Crippen LogP contribution in [0.2, 0.25) is 0 Å². The number of rotatable bonds is 4. The standard InChI is InChI=1S/C22H33N5O2.HI/c1-15-8-6-7-9-17(15)21(2,3)14-24-19(23-5)27-12-10-16(11-13-27)22(4)18(28)25-20(29)26-22;/h6-9,16H,10-14H2,1-5H3,(H,23,24)(H2,25,26,28,29);1H. The number of nitrogens with zero attached hydrogens (tertiary/aromatic N) is 2. The van der Waals surface area contributed by atoms with Crippen molar-refractivity contribution in [3.05, 3.63) is 35.4 Å². The van der Waals surface area contributed by atoms with Crippen LogP contribution in [0.15, 0.2) is 29.3 Å². The monoisotopic (exact) mass is 527 g/mol. The van der Waals surface area contributed by atoms with Gasteiger partial charge in [0, 0.05) is 32.1 Å². The van der Waals surface area contributed by atoms with Crippen LogP contribution < -0.4 is 16.0 Å². The summed E-state index contributed by atoms with van der Waals surface area (Å²) in [6.07, 6.45) is 1.65. The molecule has 2 aliphatic heterocycles. The van der Waals surface area contributed by atoms with Crippen LogP contribution in [0.25, 0.3) is 0 Å². The van der Waals surface area contributed by atoms with E-state index in [4.69, 9.17) is 0 Å². The molecule has 2 saturated heterocycles. The Hall–Kier alpha value is -1.84. The Kier molecular flexibility index (Phi) is 7.76. The SMILES string of the molecule is CN=C(NCC(C)(C)c1ccccc1C)N1CCC(C2(C)NC(=O)NC2=O)CC1.I. The van der Waals surface area contributed by atoms with Crippen LogP contribution in [0.5, 0.6) is 0 Å². The van der Waals surface area contributed by atoms with Gasteiger partial charge in [0.15, 0.2) is 5.96 Å². The summed E-state index contributed by atoms with van der Waals surface area (Å²) in [4.78, 5) is 30.5. The molecule has 166 valence electrons. The number of nitrogens with one attached hydrogen (secondary N) is 3. The van der Waals surface area contributed by atoms with Crippen molar-refractivity contribution in [2.45, 2.75) is 51.5 Å². The number of carbonyl (C=O) groups excluding carboxylic acids is 2. The fraction of sp³-hybridized carbons (Fsp3) is 0.591. The molecule has 0 aliphatic carbocycles. The number of piperidine rings is 1. The molecular weight excluding hydrogens is 493 g/mol. The molecule has 1 aromatic rings. The number of carbonyl (C=O) groups is 2. The number of amides is 3. The second-order valence-electron chi connectivity index (χ2n) is 8.97. The maximum atomic E-state index is 12.2. The molecule has 3 rings (SSSR count). The molecule has 0 bridgehead atoms. The number of guanidine groups is 1. The number of aryl methyl sites for hydroxylation is 1. The molecule has 0 spiro atoms. The van der Waals surface area contributed by atoms with Crippen molar-refractivity contribution in [1.29, 1.82) is 0 Å². The zero-order valence-corrected chi connectivity index (χ0v) is 20.9. The lowest BCUT2D eigenvalue weighted by Gasteiger charge is -2.40. The summed E-state index contributed by atoms with van der Waals surface area (Å²) in [5.74, 6) is 0.783. The zero-order chi connectivity index (χ0) is 21.2. The van der Waals surface area contributed by atoms with Gasteiger partial charge in [-0.3, -0.25) is 15.1 Å². The van der Waals surface area contributed by atoms with E-state index in [2.05, 4.69) is 70.9 Å². The topological polar surface area (TPSA) is 85.8 Å². The van der Waals surface area contributed by atoms with Crippen molar-refractivity contribution in [2.75, 3.05) is 26.7 Å². The van der Waals surface area contributed by atoms with Crippen LogP contribution in [0.1, 0.15) is 44.7 Å². The second kappa shape index (κ2) is 9.53. The molecule has 3 amide bonds. The lowest BCUT2D eigenvalue weighted by Crippen LogP contribution is -2.56. The van der Waals surface area contributed by atoms with Crippen LogP contribution in [0, 0.1) is 12.8 Å². The zero-order valence-electron chi connectivity index (χ0n) is 18.5. The van der Waals surface area contributed by atoms with Crippen molar-refractivity contribution < 1.29 is 9.59 Å². The van der Waals surface area contributed by atoms with Gasteiger partial charge >= 0.3 is 6.03 Å². The minimum absolute atomic E-state index is 0. The Balaban J connectivity index is 0.00000320. The lowest BCUT2D eigenvalue weighted by atomic mass is 9.79. The first-order valence-corrected chi connectivity index (χ1v) is 10.3. The van der Waals surface area contributed by atoms with Crippen molar-refractivity contribution in [3.63, 3.8) is 0 Å². The highest BCUT2D eigenvalue weighted by molar-refractivity contribution is 14.0. The molecule has 2 heterocycles. The molecule has 30 heavy (non-hydrogen) atoms. The second-order valence-corrected chi connectivity index (χ2v) is 8.97. The van der Waals surface area contributed by atoms with E-state index in [1.165, 1.54) is 11.1 Å². The minimum Gasteiger partial charge on any atom is -0.355 e. The van der Waals surface area contributed by atoms with E-state index >= 15 is 0 Å². The van der Waals surface area contributed by atoms with E-state index in [1.54, 1.807) is 7.05 Å². The number of likely N-dealkylation sites (tertiary alicyclic amines) is 1. The Morgan fingerprint density at radius 1 is 1.27 bits per heavy atom. The van der Waals surface area contributed by atoms with Gasteiger partial charge in [0.1, 0.15) is 5.54 Å². The first kappa shape index (κ1) is 24.4. The van der Waals surface area contributed by atoms with Gasteiger partial charge in [-0.05, 0) is 43.7 Å². The predicted octanol–water partition coefficient (Wildman–Crippen LogP) is 2.78. The summed E-state index contributed by atoms with van der Waals surface area (Å²) in [6.45, 7) is 10.8. The summed E-state index contributed by atoms with van der Waals surface area (Å²) >= 11 is 0. The number of hydrogen-bond acceptors (Lipinski definition) is 3. The molecule has 2 fully saturated rings. The van der Waals surface area contributed by atoms with Gasteiger partial charge in [-0.15, -0.1) is 24.0 Å². The first-order chi connectivity index (χ1) is 13.7. The fourth-order valence-corrected chi connectivity index (χ4v) is 4.57. The van der Waals surface area contributed by atoms with Gasteiger partial charge in [0.25, 0.3) is 5.91 Å². The number of hydrogen-bond donors (Lipinski definition) is 3. The normalized spacial score (nSPS) is 23.0. The molecule has 0 aromatic heterocycles. The highest BCUT2D eigenvalue weighted by Crippen LogP contribution is 2.31. The minimum atomic E-state index is -0.813. The number of urea groups is 1.